The molecule has 0 amide bonds. The van der Waals surface area contributed by atoms with Gasteiger partial charge in [-0.25, -0.2) is 14.8 Å². The molecule has 0 bridgehead atoms. The molecule has 1 aliphatic carbocycles. The highest BCUT2D eigenvalue weighted by Gasteiger charge is 2.23. The molecule has 5 rings (SSSR count). The first-order chi connectivity index (χ1) is 14.7. The molecule has 150 valence electrons. The third-order valence-electron chi connectivity index (χ3n) is 5.26. The van der Waals surface area contributed by atoms with Crippen LogP contribution in [0.1, 0.15) is 28.0 Å². The Morgan fingerprint density at radius 2 is 1.93 bits per heavy atom. The summed E-state index contributed by atoms with van der Waals surface area (Å²) >= 11 is 1.60. The molecule has 0 saturated heterocycles. The van der Waals surface area contributed by atoms with Crippen LogP contribution in [0.15, 0.2) is 64.5 Å². The van der Waals surface area contributed by atoms with Gasteiger partial charge in [0.15, 0.2) is 0 Å². The van der Waals surface area contributed by atoms with E-state index in [1.807, 2.05) is 30.3 Å². The summed E-state index contributed by atoms with van der Waals surface area (Å²) in [5, 5.41) is 4.99. The van der Waals surface area contributed by atoms with Crippen LogP contribution in [0.3, 0.4) is 0 Å². The first kappa shape index (κ1) is 18.7. The van der Waals surface area contributed by atoms with Gasteiger partial charge in [0, 0.05) is 4.88 Å². The molecule has 0 fully saturated rings. The Bertz CT molecular complexity index is 1290. The summed E-state index contributed by atoms with van der Waals surface area (Å²) in [6.07, 6.45) is 4.63. The Hall–Kier alpha value is -3.32. The summed E-state index contributed by atoms with van der Waals surface area (Å²) in [7, 11) is 0. The van der Waals surface area contributed by atoms with E-state index in [-0.39, 0.29) is 11.4 Å². The molecular weight excluding hydrogens is 399 g/mol. The molecule has 5 nitrogen and oxygen atoms in total. The molecule has 2 aromatic heterocycles. The summed E-state index contributed by atoms with van der Waals surface area (Å²) in [5.74, 6) is 0.101. The fraction of sp³-hybridized carbons (Fsp3) is 0.174. The molecule has 1 aliphatic rings. The van der Waals surface area contributed by atoms with Gasteiger partial charge in [-0.15, -0.1) is 11.3 Å². The van der Waals surface area contributed by atoms with E-state index in [4.69, 9.17) is 4.98 Å². The van der Waals surface area contributed by atoms with Crippen LogP contribution >= 0.6 is 11.3 Å². The van der Waals surface area contributed by atoms with E-state index in [1.54, 1.807) is 34.3 Å². The lowest BCUT2D eigenvalue weighted by Crippen LogP contribution is -2.24. The molecule has 7 heteroatoms. The van der Waals surface area contributed by atoms with E-state index in [0.717, 1.165) is 46.2 Å². The van der Waals surface area contributed by atoms with E-state index in [1.165, 1.54) is 17.0 Å². The quantitative estimate of drug-likeness (QED) is 0.381. The van der Waals surface area contributed by atoms with Gasteiger partial charge in [0.1, 0.15) is 10.6 Å². The van der Waals surface area contributed by atoms with E-state index in [0.29, 0.717) is 12.5 Å². The second-order valence-corrected chi connectivity index (χ2v) is 8.35. The SMILES string of the molecule is O=c1c2c3c(sc2nc(N/N=C/c2ccc(F)cc2)n1Cc1ccccc1)CCC3. The second kappa shape index (κ2) is 7.84. The molecular formula is C23H19FN4OS. The van der Waals surface area contributed by atoms with E-state index in [9.17, 15) is 9.18 Å². The smallest absolute Gasteiger partial charge is 0.264 e. The van der Waals surface area contributed by atoms with E-state index >= 15 is 0 Å². The fourth-order valence-electron chi connectivity index (χ4n) is 3.79. The number of hydrazone groups is 1. The van der Waals surface area contributed by atoms with Crippen LogP contribution in [0.25, 0.3) is 10.2 Å². The van der Waals surface area contributed by atoms with Crippen molar-refractivity contribution in [2.75, 3.05) is 5.43 Å². The van der Waals surface area contributed by atoms with Gasteiger partial charge >= 0.3 is 0 Å². The van der Waals surface area contributed by atoms with Crippen molar-refractivity contribution < 1.29 is 4.39 Å². The van der Waals surface area contributed by atoms with Crippen molar-refractivity contribution in [1.29, 1.82) is 0 Å². The lowest BCUT2D eigenvalue weighted by atomic mass is 10.2. The average Bonchev–Trinajstić information content (AvgIpc) is 3.34. The Morgan fingerprint density at radius 3 is 2.73 bits per heavy atom. The number of hydrogen-bond acceptors (Lipinski definition) is 5. The Labute approximate surface area is 176 Å². The van der Waals surface area contributed by atoms with Crippen LogP contribution < -0.4 is 11.0 Å². The lowest BCUT2D eigenvalue weighted by Gasteiger charge is -2.12. The van der Waals surface area contributed by atoms with Crippen molar-refractivity contribution in [2.45, 2.75) is 25.8 Å². The van der Waals surface area contributed by atoms with Crippen molar-refractivity contribution in [3.63, 3.8) is 0 Å². The maximum Gasteiger partial charge on any atom is 0.264 e. The molecule has 2 aromatic carbocycles. The molecule has 0 aliphatic heterocycles. The van der Waals surface area contributed by atoms with Gasteiger partial charge in [0.25, 0.3) is 5.56 Å². The zero-order valence-electron chi connectivity index (χ0n) is 16.1. The van der Waals surface area contributed by atoms with Crippen molar-refractivity contribution in [3.05, 3.63) is 92.3 Å². The lowest BCUT2D eigenvalue weighted by molar-refractivity contribution is 0.628. The molecule has 0 radical (unpaired) electrons. The minimum absolute atomic E-state index is 0.0391. The molecule has 1 N–H and O–H groups in total. The van der Waals surface area contributed by atoms with Gasteiger partial charge in [0.05, 0.1) is 18.1 Å². The number of fused-ring (bicyclic) bond motifs is 3. The van der Waals surface area contributed by atoms with Crippen LogP contribution in [-0.4, -0.2) is 15.8 Å². The zero-order valence-corrected chi connectivity index (χ0v) is 17.0. The van der Waals surface area contributed by atoms with Crippen molar-refractivity contribution in [1.82, 2.24) is 9.55 Å². The standard InChI is InChI=1S/C23H19FN4OS/c24-17-11-9-15(10-12-17)13-25-27-23-26-21-20(18-7-4-8-19(18)30-21)22(29)28(23)14-16-5-2-1-3-6-16/h1-3,5-6,9-13H,4,7-8,14H2,(H,26,27)/b25-13+. The summed E-state index contributed by atoms with van der Waals surface area (Å²) in [6, 6.07) is 15.9. The van der Waals surface area contributed by atoms with Crippen LogP contribution in [0.4, 0.5) is 10.3 Å². The van der Waals surface area contributed by atoms with Gasteiger partial charge in [-0.3, -0.25) is 9.36 Å². The topological polar surface area (TPSA) is 59.3 Å². The largest absolute Gasteiger partial charge is 0.272 e. The summed E-state index contributed by atoms with van der Waals surface area (Å²) < 4.78 is 14.7. The van der Waals surface area contributed by atoms with Crippen molar-refractivity contribution in [2.24, 2.45) is 5.10 Å². The number of nitrogens with one attached hydrogen (secondary N) is 1. The highest BCUT2D eigenvalue weighted by molar-refractivity contribution is 7.18. The molecule has 2 heterocycles. The molecule has 0 unspecified atom stereocenters. The number of benzene rings is 2. The third kappa shape index (κ3) is 3.52. The highest BCUT2D eigenvalue weighted by atomic mass is 32.1. The van der Waals surface area contributed by atoms with Crippen LogP contribution in [0.2, 0.25) is 0 Å². The van der Waals surface area contributed by atoms with Gasteiger partial charge < -0.3 is 0 Å². The third-order valence-corrected chi connectivity index (χ3v) is 6.44. The molecule has 4 aromatic rings. The Kier molecular flexibility index (Phi) is 4.88. The predicted molar refractivity (Wildman–Crippen MR) is 119 cm³/mol. The van der Waals surface area contributed by atoms with Crippen LogP contribution in [-0.2, 0) is 19.4 Å². The highest BCUT2D eigenvalue weighted by Crippen LogP contribution is 2.35. The second-order valence-electron chi connectivity index (χ2n) is 7.27. The first-order valence-electron chi connectivity index (χ1n) is 9.83. The predicted octanol–water partition coefficient (Wildman–Crippen LogP) is 4.58. The maximum atomic E-state index is 13.4. The number of hydrogen-bond donors (Lipinski definition) is 1. The summed E-state index contributed by atoms with van der Waals surface area (Å²) in [6.45, 7) is 0.404. The molecule has 0 saturated carbocycles. The number of thiophene rings is 1. The van der Waals surface area contributed by atoms with Gasteiger partial charge in [0.2, 0.25) is 5.95 Å². The molecule has 0 spiro atoms. The van der Waals surface area contributed by atoms with E-state index in [2.05, 4.69) is 10.5 Å². The van der Waals surface area contributed by atoms with Gasteiger partial charge in [-0.2, -0.15) is 5.10 Å². The average molecular weight is 418 g/mol. The van der Waals surface area contributed by atoms with E-state index < -0.39 is 0 Å². The number of aromatic nitrogens is 2. The number of nitrogens with zero attached hydrogens (tertiary/aromatic N) is 3. The molecule has 0 atom stereocenters. The van der Waals surface area contributed by atoms with Crippen LogP contribution in [0, 0.1) is 5.82 Å². The minimum atomic E-state index is -0.297. The summed E-state index contributed by atoms with van der Waals surface area (Å²) in [5.41, 5.74) is 5.81. The number of anilines is 1. The minimum Gasteiger partial charge on any atom is -0.272 e. The summed E-state index contributed by atoms with van der Waals surface area (Å²) in [4.78, 5) is 20.2. The monoisotopic (exact) mass is 418 g/mol. The normalized spacial score (nSPS) is 13.2. The number of rotatable bonds is 5. The van der Waals surface area contributed by atoms with Crippen molar-refractivity contribution in [3.8, 4) is 0 Å². The van der Waals surface area contributed by atoms with Crippen molar-refractivity contribution >= 4 is 33.7 Å². The van der Waals surface area contributed by atoms with Gasteiger partial charge in [-0.05, 0) is 48.1 Å². The number of aryl methyl sites for hydroxylation is 2. The fourth-order valence-corrected chi connectivity index (χ4v) is 5.04. The Balaban J connectivity index is 1.56. The van der Waals surface area contributed by atoms with Crippen LogP contribution in [0.5, 0.6) is 0 Å². The maximum absolute atomic E-state index is 13.4. The number of halogens is 1. The van der Waals surface area contributed by atoms with Gasteiger partial charge in [-0.1, -0.05) is 42.5 Å². The Morgan fingerprint density at radius 1 is 1.13 bits per heavy atom. The first-order valence-corrected chi connectivity index (χ1v) is 10.6. The zero-order chi connectivity index (χ0) is 20.5. The molecule has 30 heavy (non-hydrogen) atoms.